The molecule has 2 fully saturated rings. The van der Waals surface area contributed by atoms with Crippen LogP contribution in [0, 0.1) is 22.6 Å². The number of nitrogens with one attached hydrogen (secondary N) is 1. The molecular formula is C26H34FN3O4S. The number of nitrogens with zero attached hydrogens (tertiary/aromatic N) is 2. The molecule has 7 nitrogen and oxygen atoms in total. The van der Waals surface area contributed by atoms with Crippen molar-refractivity contribution >= 4 is 28.1 Å². The van der Waals surface area contributed by atoms with Gasteiger partial charge in [0, 0.05) is 41.4 Å². The van der Waals surface area contributed by atoms with E-state index in [1.54, 1.807) is 23.5 Å². The predicted molar refractivity (Wildman–Crippen MR) is 132 cm³/mol. The van der Waals surface area contributed by atoms with Crippen LogP contribution in [0.3, 0.4) is 0 Å². The van der Waals surface area contributed by atoms with Crippen molar-refractivity contribution in [3.8, 4) is 0 Å². The molecule has 9 heteroatoms. The van der Waals surface area contributed by atoms with Crippen LogP contribution in [0.4, 0.5) is 15.2 Å². The number of ether oxygens (including phenoxy) is 1. The standard InChI is InChI=1S/C26H34FN3O4S/c1-25-8-7-21(32)26(2,15-31)20(25)14-19-23(18(25)13-22(33)30-9-11-34-12-10-30)29-24(35-19)28-17-5-3-16(27)4-6-17/h3-6,18,20-21,31-32H,7-15H2,1-2H3,(H,28,29). The van der Waals surface area contributed by atoms with Gasteiger partial charge < -0.3 is 25.2 Å². The maximum absolute atomic E-state index is 13.4. The van der Waals surface area contributed by atoms with E-state index in [-0.39, 0.29) is 35.6 Å². The molecule has 1 amide bonds. The number of anilines is 2. The Morgan fingerprint density at radius 1 is 1.29 bits per heavy atom. The van der Waals surface area contributed by atoms with Gasteiger partial charge in [0.2, 0.25) is 5.91 Å². The largest absolute Gasteiger partial charge is 0.396 e. The molecule has 5 rings (SSSR count). The summed E-state index contributed by atoms with van der Waals surface area (Å²) in [7, 11) is 0. The number of morpholine rings is 1. The van der Waals surface area contributed by atoms with Crippen LogP contribution < -0.4 is 5.32 Å². The molecule has 2 heterocycles. The number of rotatable bonds is 5. The van der Waals surface area contributed by atoms with E-state index >= 15 is 0 Å². The molecule has 35 heavy (non-hydrogen) atoms. The van der Waals surface area contributed by atoms with Crippen molar-refractivity contribution in [3.05, 3.63) is 40.7 Å². The Balaban J connectivity index is 1.51. The smallest absolute Gasteiger partial charge is 0.223 e. The van der Waals surface area contributed by atoms with Gasteiger partial charge in [-0.05, 0) is 54.9 Å². The average molecular weight is 504 g/mol. The van der Waals surface area contributed by atoms with Crippen molar-refractivity contribution in [2.75, 3.05) is 38.2 Å². The first-order chi connectivity index (χ1) is 16.7. The van der Waals surface area contributed by atoms with E-state index in [0.29, 0.717) is 50.7 Å². The molecule has 5 unspecified atom stereocenters. The van der Waals surface area contributed by atoms with Gasteiger partial charge >= 0.3 is 0 Å². The predicted octanol–water partition coefficient (Wildman–Crippen LogP) is 3.69. The van der Waals surface area contributed by atoms with Gasteiger partial charge in [-0.2, -0.15) is 0 Å². The third-order valence-corrected chi connectivity index (χ3v) is 9.74. The highest BCUT2D eigenvalue weighted by atomic mass is 32.1. The molecular weight excluding hydrogens is 469 g/mol. The molecule has 3 aliphatic rings. The molecule has 190 valence electrons. The Morgan fingerprint density at radius 2 is 2.00 bits per heavy atom. The first kappa shape index (κ1) is 24.6. The van der Waals surface area contributed by atoms with E-state index in [1.165, 1.54) is 12.1 Å². The van der Waals surface area contributed by atoms with Crippen LogP contribution in [0.15, 0.2) is 24.3 Å². The first-order valence-electron chi connectivity index (χ1n) is 12.4. The fourth-order valence-corrected chi connectivity index (χ4v) is 7.56. The molecule has 0 radical (unpaired) electrons. The Labute approximate surface area is 209 Å². The molecule has 1 aromatic carbocycles. The molecule has 1 saturated heterocycles. The highest BCUT2D eigenvalue weighted by Gasteiger charge is 2.59. The number of carbonyl (C=O) groups is 1. The zero-order valence-electron chi connectivity index (χ0n) is 20.3. The fourth-order valence-electron chi connectivity index (χ4n) is 6.47. The molecule has 0 bridgehead atoms. The number of hydrogen-bond acceptors (Lipinski definition) is 7. The Morgan fingerprint density at radius 3 is 2.69 bits per heavy atom. The summed E-state index contributed by atoms with van der Waals surface area (Å²) in [5.41, 5.74) is 0.751. The number of carbonyl (C=O) groups excluding carboxylic acids is 1. The van der Waals surface area contributed by atoms with Gasteiger partial charge in [-0.3, -0.25) is 4.79 Å². The number of amides is 1. The van der Waals surface area contributed by atoms with E-state index in [1.807, 2.05) is 11.8 Å². The first-order valence-corrected chi connectivity index (χ1v) is 13.2. The van der Waals surface area contributed by atoms with Gasteiger partial charge in [-0.25, -0.2) is 9.37 Å². The molecule has 3 N–H and O–H groups in total. The highest BCUT2D eigenvalue weighted by Crippen LogP contribution is 2.63. The van der Waals surface area contributed by atoms with Crippen molar-refractivity contribution in [1.29, 1.82) is 0 Å². The normalized spacial score (nSPS) is 32.6. The van der Waals surface area contributed by atoms with E-state index in [9.17, 15) is 19.4 Å². The molecule has 0 spiro atoms. The van der Waals surface area contributed by atoms with Gasteiger partial charge in [-0.1, -0.05) is 13.8 Å². The van der Waals surface area contributed by atoms with Crippen LogP contribution in [-0.2, 0) is 16.0 Å². The minimum atomic E-state index is -0.653. The quantitative estimate of drug-likeness (QED) is 0.576. The monoisotopic (exact) mass is 503 g/mol. The van der Waals surface area contributed by atoms with Crippen LogP contribution in [0.5, 0.6) is 0 Å². The maximum Gasteiger partial charge on any atom is 0.223 e. The summed E-state index contributed by atoms with van der Waals surface area (Å²) >= 11 is 1.54. The van der Waals surface area contributed by atoms with Gasteiger partial charge in [0.15, 0.2) is 5.13 Å². The fraction of sp³-hybridized carbons (Fsp3) is 0.615. The van der Waals surface area contributed by atoms with Crippen molar-refractivity contribution < 1.29 is 24.1 Å². The number of aliphatic hydroxyl groups excluding tert-OH is 2. The number of thiazole rings is 1. The summed E-state index contributed by atoms with van der Waals surface area (Å²) in [5, 5.41) is 25.3. The lowest BCUT2D eigenvalue weighted by molar-refractivity contribution is -0.149. The van der Waals surface area contributed by atoms with Crippen molar-refractivity contribution in [2.24, 2.45) is 16.7 Å². The van der Waals surface area contributed by atoms with Gasteiger partial charge in [0.1, 0.15) is 5.82 Å². The number of aromatic nitrogens is 1. The lowest BCUT2D eigenvalue weighted by Crippen LogP contribution is -2.58. The topological polar surface area (TPSA) is 94.9 Å². The summed E-state index contributed by atoms with van der Waals surface area (Å²) in [4.78, 5) is 21.4. The summed E-state index contributed by atoms with van der Waals surface area (Å²) < 4.78 is 18.8. The second-order valence-electron chi connectivity index (χ2n) is 10.7. The molecule has 1 saturated carbocycles. The summed E-state index contributed by atoms with van der Waals surface area (Å²) in [6.45, 7) is 6.39. The van der Waals surface area contributed by atoms with E-state index in [4.69, 9.17) is 9.72 Å². The van der Waals surface area contributed by atoms with E-state index in [0.717, 1.165) is 22.7 Å². The van der Waals surface area contributed by atoms with E-state index in [2.05, 4.69) is 12.2 Å². The van der Waals surface area contributed by atoms with Gasteiger partial charge in [-0.15, -0.1) is 11.3 Å². The van der Waals surface area contributed by atoms with Crippen molar-refractivity contribution in [3.63, 3.8) is 0 Å². The molecule has 5 atom stereocenters. The highest BCUT2D eigenvalue weighted by molar-refractivity contribution is 7.15. The maximum atomic E-state index is 13.4. The van der Waals surface area contributed by atoms with Crippen LogP contribution >= 0.6 is 11.3 Å². The average Bonchev–Trinajstić information content (AvgIpc) is 3.27. The van der Waals surface area contributed by atoms with Crippen LogP contribution in [0.25, 0.3) is 0 Å². The number of hydrogen-bond donors (Lipinski definition) is 3. The van der Waals surface area contributed by atoms with Gasteiger partial charge in [0.25, 0.3) is 0 Å². The van der Waals surface area contributed by atoms with Crippen LogP contribution in [0.1, 0.15) is 49.6 Å². The Kier molecular flexibility index (Phi) is 6.63. The molecule has 2 aromatic rings. The van der Waals surface area contributed by atoms with Crippen molar-refractivity contribution in [2.45, 2.75) is 51.6 Å². The number of halogens is 1. The second kappa shape index (κ2) is 9.42. The Bertz CT molecular complexity index is 1070. The zero-order valence-corrected chi connectivity index (χ0v) is 21.1. The lowest BCUT2D eigenvalue weighted by Gasteiger charge is -2.58. The third kappa shape index (κ3) is 4.37. The summed E-state index contributed by atoms with van der Waals surface area (Å²) in [6, 6.07) is 6.16. The van der Waals surface area contributed by atoms with Crippen molar-refractivity contribution in [1.82, 2.24) is 9.88 Å². The second-order valence-corrected chi connectivity index (χ2v) is 11.8. The summed E-state index contributed by atoms with van der Waals surface area (Å²) in [5.74, 6) is -0.304. The van der Waals surface area contributed by atoms with E-state index < -0.39 is 11.5 Å². The summed E-state index contributed by atoms with van der Waals surface area (Å²) in [6.07, 6.45) is 1.81. The molecule has 2 aliphatic carbocycles. The molecule has 1 aromatic heterocycles. The Hall–Kier alpha value is -2.07. The molecule has 1 aliphatic heterocycles. The van der Waals surface area contributed by atoms with Gasteiger partial charge in [0.05, 0.1) is 31.6 Å². The zero-order chi connectivity index (χ0) is 24.8. The number of benzene rings is 1. The third-order valence-electron chi connectivity index (χ3n) is 8.73. The van der Waals surface area contributed by atoms with Crippen LogP contribution in [0.2, 0.25) is 0 Å². The SMILES string of the molecule is CC1(CO)C(O)CCC2(C)C(CC(=O)N3CCOCC3)c3nc(Nc4ccc(F)cc4)sc3CC12. The lowest BCUT2D eigenvalue weighted by atomic mass is 9.47. The minimum Gasteiger partial charge on any atom is -0.396 e. The number of aliphatic hydroxyl groups is 2. The van der Waals surface area contributed by atoms with Crippen LogP contribution in [-0.4, -0.2) is 65.0 Å². The minimum absolute atomic E-state index is 0.0119. The number of fused-ring (bicyclic) bond motifs is 2.